The fourth-order valence-corrected chi connectivity index (χ4v) is 3.46. The summed E-state index contributed by atoms with van der Waals surface area (Å²) in [6, 6.07) is 9.72. The quantitative estimate of drug-likeness (QED) is 0.228. The molecule has 1 fully saturated rings. The molecule has 1 heterocycles. The van der Waals surface area contributed by atoms with E-state index in [1.165, 1.54) is 25.9 Å². The summed E-state index contributed by atoms with van der Waals surface area (Å²) in [5.74, 6) is 1.60. The van der Waals surface area contributed by atoms with Crippen molar-refractivity contribution in [3.05, 3.63) is 35.9 Å². The Bertz CT molecular complexity index is 550. The molecule has 0 spiro atoms. The van der Waals surface area contributed by atoms with Crippen LogP contribution in [0, 0.1) is 5.92 Å². The van der Waals surface area contributed by atoms with Gasteiger partial charge in [0.05, 0.1) is 6.54 Å². The van der Waals surface area contributed by atoms with E-state index in [-0.39, 0.29) is 24.0 Å². The second kappa shape index (κ2) is 12.6. The molecule has 1 aliphatic rings. The van der Waals surface area contributed by atoms with Gasteiger partial charge in [-0.2, -0.15) is 0 Å². The Morgan fingerprint density at radius 2 is 2.04 bits per heavy atom. The van der Waals surface area contributed by atoms with Crippen molar-refractivity contribution in [2.24, 2.45) is 10.9 Å². The number of hydrogen-bond donors (Lipinski definition) is 3. The maximum absolute atomic E-state index is 10.7. The highest BCUT2D eigenvalue weighted by molar-refractivity contribution is 14.0. The number of aliphatic hydroxyl groups is 1. The summed E-state index contributed by atoms with van der Waals surface area (Å²) in [7, 11) is 0. The van der Waals surface area contributed by atoms with Crippen LogP contribution in [0.4, 0.5) is 0 Å². The highest BCUT2D eigenvalue weighted by Gasteiger charge is 2.22. The summed E-state index contributed by atoms with van der Waals surface area (Å²) in [4.78, 5) is 7.16. The van der Waals surface area contributed by atoms with Crippen LogP contribution in [-0.4, -0.2) is 55.2 Å². The lowest BCUT2D eigenvalue weighted by Gasteiger charge is -2.30. The Morgan fingerprint density at radius 3 is 2.70 bits per heavy atom. The van der Waals surface area contributed by atoms with Crippen molar-refractivity contribution < 1.29 is 5.11 Å². The van der Waals surface area contributed by atoms with Crippen molar-refractivity contribution >= 4 is 29.9 Å². The average molecular weight is 488 g/mol. The van der Waals surface area contributed by atoms with Crippen LogP contribution >= 0.6 is 24.0 Å². The average Bonchev–Trinajstić information content (AvgIpc) is 2.64. The van der Waals surface area contributed by atoms with Crippen LogP contribution in [0.5, 0.6) is 0 Å². The first-order valence-corrected chi connectivity index (χ1v) is 10.0. The third-order valence-electron chi connectivity index (χ3n) is 4.97. The lowest BCUT2D eigenvalue weighted by Crippen LogP contribution is -2.41. The predicted molar refractivity (Wildman–Crippen MR) is 125 cm³/mol. The molecule has 0 amide bonds. The molecule has 5 nitrogen and oxygen atoms in total. The summed E-state index contributed by atoms with van der Waals surface area (Å²) in [5.41, 5.74) is -0.0769. The second-order valence-corrected chi connectivity index (χ2v) is 7.66. The highest BCUT2D eigenvalue weighted by atomic mass is 127. The summed E-state index contributed by atoms with van der Waals surface area (Å²) >= 11 is 0. The standard InChI is InChI=1S/C21H36N4O.HI/c1-4-22-20(23-13-9-15-25-14-8-10-18(2)16-25)24-17-21(3,26)19-11-6-5-7-12-19;/h5-7,11-12,18,26H,4,8-10,13-17H2,1-3H3,(H2,22,23,24);1H. The predicted octanol–water partition coefficient (Wildman–Crippen LogP) is 3.19. The fraction of sp³-hybridized carbons (Fsp3) is 0.667. The number of likely N-dealkylation sites (tertiary alicyclic amines) is 1. The Morgan fingerprint density at radius 1 is 1.30 bits per heavy atom. The monoisotopic (exact) mass is 488 g/mol. The first-order chi connectivity index (χ1) is 12.5. The van der Waals surface area contributed by atoms with E-state index < -0.39 is 5.60 Å². The van der Waals surface area contributed by atoms with Gasteiger partial charge in [-0.05, 0) is 57.7 Å². The number of rotatable bonds is 8. The molecule has 0 bridgehead atoms. The van der Waals surface area contributed by atoms with Crippen molar-refractivity contribution in [2.75, 3.05) is 39.3 Å². The number of nitrogens with one attached hydrogen (secondary N) is 2. The summed E-state index contributed by atoms with van der Waals surface area (Å²) in [5, 5.41) is 17.4. The number of piperidine rings is 1. The van der Waals surface area contributed by atoms with E-state index in [2.05, 4.69) is 34.4 Å². The number of hydrogen-bond acceptors (Lipinski definition) is 3. The highest BCUT2D eigenvalue weighted by Crippen LogP contribution is 2.20. The molecule has 0 saturated carbocycles. The minimum Gasteiger partial charge on any atom is -0.384 e. The van der Waals surface area contributed by atoms with Crippen molar-refractivity contribution in [2.45, 2.75) is 45.6 Å². The summed E-state index contributed by atoms with van der Waals surface area (Å²) < 4.78 is 0. The normalized spacial score (nSPS) is 20.4. The van der Waals surface area contributed by atoms with E-state index in [1.807, 2.05) is 37.3 Å². The molecule has 2 atom stereocenters. The van der Waals surface area contributed by atoms with Crippen LogP contribution in [0.3, 0.4) is 0 Å². The fourth-order valence-electron chi connectivity index (χ4n) is 3.46. The van der Waals surface area contributed by atoms with E-state index in [0.29, 0.717) is 6.54 Å². The zero-order chi connectivity index (χ0) is 18.8. The SMILES string of the molecule is CCNC(=NCC(C)(O)c1ccccc1)NCCCN1CCCC(C)C1.I. The van der Waals surface area contributed by atoms with Gasteiger partial charge in [-0.15, -0.1) is 24.0 Å². The van der Waals surface area contributed by atoms with Crippen LogP contribution in [0.15, 0.2) is 35.3 Å². The molecular weight excluding hydrogens is 451 g/mol. The van der Waals surface area contributed by atoms with Crippen molar-refractivity contribution in [3.63, 3.8) is 0 Å². The number of aliphatic imine (C=N–C) groups is 1. The lowest BCUT2D eigenvalue weighted by molar-refractivity contribution is 0.0672. The van der Waals surface area contributed by atoms with Crippen LogP contribution in [-0.2, 0) is 5.60 Å². The molecule has 0 radical (unpaired) electrons. The van der Waals surface area contributed by atoms with Crippen LogP contribution in [0.2, 0.25) is 0 Å². The molecule has 0 aromatic heterocycles. The number of nitrogens with zero attached hydrogens (tertiary/aromatic N) is 2. The van der Waals surface area contributed by atoms with Crippen molar-refractivity contribution in [1.82, 2.24) is 15.5 Å². The van der Waals surface area contributed by atoms with Gasteiger partial charge in [0.25, 0.3) is 0 Å². The zero-order valence-corrected chi connectivity index (χ0v) is 19.4. The molecule has 6 heteroatoms. The Kier molecular flexibility index (Phi) is 11.3. The molecule has 3 N–H and O–H groups in total. The molecule has 1 saturated heterocycles. The first-order valence-electron chi connectivity index (χ1n) is 10.0. The van der Waals surface area contributed by atoms with Crippen LogP contribution in [0.1, 0.15) is 45.6 Å². The molecular formula is C21H37IN4O. The second-order valence-electron chi connectivity index (χ2n) is 7.66. The summed E-state index contributed by atoms with van der Waals surface area (Å²) in [6.07, 6.45) is 3.80. The third kappa shape index (κ3) is 8.79. The van der Waals surface area contributed by atoms with Gasteiger partial charge in [0.15, 0.2) is 5.96 Å². The van der Waals surface area contributed by atoms with E-state index in [9.17, 15) is 5.11 Å². The molecule has 154 valence electrons. The third-order valence-corrected chi connectivity index (χ3v) is 4.97. The Labute approximate surface area is 182 Å². The minimum absolute atomic E-state index is 0. The van der Waals surface area contributed by atoms with Crippen molar-refractivity contribution in [3.8, 4) is 0 Å². The number of benzene rings is 1. The molecule has 1 aliphatic heterocycles. The van der Waals surface area contributed by atoms with Gasteiger partial charge >= 0.3 is 0 Å². The maximum Gasteiger partial charge on any atom is 0.191 e. The minimum atomic E-state index is -0.965. The largest absolute Gasteiger partial charge is 0.384 e. The number of guanidine groups is 1. The lowest BCUT2D eigenvalue weighted by atomic mass is 9.96. The molecule has 2 unspecified atom stereocenters. The zero-order valence-electron chi connectivity index (χ0n) is 17.1. The van der Waals surface area contributed by atoms with Crippen molar-refractivity contribution in [1.29, 1.82) is 0 Å². The van der Waals surface area contributed by atoms with Gasteiger partial charge in [0.1, 0.15) is 5.60 Å². The Hall–Kier alpha value is -0.860. The van der Waals surface area contributed by atoms with Gasteiger partial charge in [-0.3, -0.25) is 0 Å². The van der Waals surface area contributed by atoms with Crippen LogP contribution in [0.25, 0.3) is 0 Å². The molecule has 1 aromatic rings. The molecule has 1 aromatic carbocycles. The van der Waals surface area contributed by atoms with Gasteiger partial charge in [0.2, 0.25) is 0 Å². The molecule has 0 aliphatic carbocycles. The van der Waals surface area contributed by atoms with E-state index in [1.54, 1.807) is 0 Å². The first kappa shape index (κ1) is 24.2. The Balaban J connectivity index is 0.00000364. The van der Waals surface area contributed by atoms with E-state index in [4.69, 9.17) is 0 Å². The van der Waals surface area contributed by atoms with Gasteiger partial charge in [-0.1, -0.05) is 37.3 Å². The smallest absolute Gasteiger partial charge is 0.191 e. The van der Waals surface area contributed by atoms with Gasteiger partial charge in [0, 0.05) is 19.6 Å². The van der Waals surface area contributed by atoms with E-state index >= 15 is 0 Å². The van der Waals surface area contributed by atoms with E-state index in [0.717, 1.165) is 43.5 Å². The molecule has 27 heavy (non-hydrogen) atoms. The van der Waals surface area contributed by atoms with Gasteiger partial charge < -0.3 is 20.6 Å². The number of halogens is 1. The maximum atomic E-state index is 10.7. The summed E-state index contributed by atoms with van der Waals surface area (Å²) in [6.45, 7) is 11.8. The topological polar surface area (TPSA) is 59.9 Å². The molecule has 2 rings (SSSR count). The van der Waals surface area contributed by atoms with Crippen LogP contribution < -0.4 is 10.6 Å². The van der Waals surface area contributed by atoms with Gasteiger partial charge in [-0.25, -0.2) is 4.99 Å².